The van der Waals surface area contributed by atoms with Crippen LogP contribution in [0.5, 0.6) is 0 Å². The summed E-state index contributed by atoms with van der Waals surface area (Å²) in [6.07, 6.45) is 13.0. The Morgan fingerprint density at radius 1 is 0.967 bits per heavy atom. The van der Waals surface area contributed by atoms with E-state index in [9.17, 15) is 9.90 Å². The number of fused-ring (bicyclic) bond motifs is 1. The molecule has 3 heterocycles. The maximum Gasteiger partial charge on any atom is 0.250 e. The third-order valence-electron chi connectivity index (χ3n) is 14.6. The zero-order valence-corrected chi connectivity index (χ0v) is 41.1. The smallest absolute Gasteiger partial charge is 0.250 e. The first kappa shape index (κ1) is 48.6. The van der Waals surface area contributed by atoms with E-state index < -0.39 is 5.41 Å². The summed E-state index contributed by atoms with van der Waals surface area (Å²) in [5, 5.41) is 9.93. The number of hydrogen-bond acceptors (Lipinski definition) is 5. The number of aryl methyl sites for hydroxylation is 1. The van der Waals surface area contributed by atoms with Crippen LogP contribution in [0.1, 0.15) is 173 Å². The number of carbonyl (C=O) groups excluding carboxylic acids is 1. The first-order valence-electron chi connectivity index (χ1n) is 24.1. The highest BCUT2D eigenvalue weighted by atomic mass is 16.3. The van der Waals surface area contributed by atoms with E-state index in [1.54, 1.807) is 11.1 Å². The van der Waals surface area contributed by atoms with Crippen LogP contribution in [-0.2, 0) is 24.3 Å². The third-order valence-corrected chi connectivity index (χ3v) is 14.6. The van der Waals surface area contributed by atoms with Crippen LogP contribution in [-0.4, -0.2) is 76.0 Å². The minimum absolute atomic E-state index is 0.0190. The highest BCUT2D eigenvalue weighted by molar-refractivity contribution is 5.94. The van der Waals surface area contributed by atoms with Crippen LogP contribution in [0, 0.1) is 24.2 Å². The standard InChI is InChI=1S/C48H66N4O2.C5H12.C2H6/c1-31(2)43(25-47(8,9)30-53)46(54)52-19-16-39-15-14-37(23-41(39)36(52)7)26-51-21-20-50(29-48(51)17-18-48)28-44-32(3)22-40(24-42(44)38-12-11-13-38)45-27-49(10)35(6)33(4)34(45)5;1-4-5(2)3;1-2/h14-15,22-25,27,31,36,38,53H,6,11-13,16-21,26,28-30H2,1-5,7-10H3;5H,4H2,1-3H3;1-2H3/b43-25+;;. The number of aliphatic hydroxyl groups is 1. The Morgan fingerprint density at radius 2 is 1.64 bits per heavy atom. The van der Waals surface area contributed by atoms with Gasteiger partial charge in [0.1, 0.15) is 0 Å². The lowest BCUT2D eigenvalue weighted by atomic mass is 9.75. The van der Waals surface area contributed by atoms with E-state index in [1.165, 1.54) is 83.1 Å². The third kappa shape index (κ3) is 11.0. The van der Waals surface area contributed by atoms with Crippen molar-refractivity contribution in [3.63, 3.8) is 0 Å². The summed E-state index contributed by atoms with van der Waals surface area (Å²) >= 11 is 0. The van der Waals surface area contributed by atoms with Crippen LogP contribution >= 0.6 is 0 Å². The first-order chi connectivity index (χ1) is 28.9. The van der Waals surface area contributed by atoms with Crippen molar-refractivity contribution < 1.29 is 9.90 Å². The van der Waals surface area contributed by atoms with Gasteiger partial charge in [-0.15, -0.1) is 0 Å². The van der Waals surface area contributed by atoms with Crippen molar-refractivity contribution in [3.8, 4) is 0 Å². The lowest BCUT2D eigenvalue weighted by Crippen LogP contribution is -2.54. The molecule has 1 unspecified atom stereocenters. The van der Waals surface area contributed by atoms with Crippen LogP contribution in [0.2, 0.25) is 0 Å². The molecule has 7 rings (SSSR count). The van der Waals surface area contributed by atoms with Crippen molar-refractivity contribution in [2.45, 2.75) is 166 Å². The Hall–Kier alpha value is -3.45. The SMILES string of the molecule is C=C1C(C)=C(C)C(c2cc(C)c(CN3CCN(Cc4ccc5c(c4)C(C)N(C(=O)/C(=C/C(C)(C)CO)C(C)C)CC5)C4(CC4)C3)c(C3CCC3)c2)=CN1C.CC.CCC(C)C. The summed E-state index contributed by atoms with van der Waals surface area (Å²) in [7, 11) is 2.12. The number of allylic oxidation sites excluding steroid dienone is 3. The molecule has 0 bridgehead atoms. The van der Waals surface area contributed by atoms with E-state index in [4.69, 9.17) is 0 Å². The van der Waals surface area contributed by atoms with Gasteiger partial charge in [0.15, 0.2) is 0 Å². The average molecular weight is 833 g/mol. The van der Waals surface area contributed by atoms with E-state index >= 15 is 0 Å². The quantitative estimate of drug-likeness (QED) is 0.229. The maximum atomic E-state index is 14.0. The monoisotopic (exact) mass is 833 g/mol. The molecule has 2 saturated carbocycles. The summed E-state index contributed by atoms with van der Waals surface area (Å²) in [6.45, 7) is 38.2. The molecule has 3 fully saturated rings. The molecule has 2 aromatic carbocycles. The molecule has 2 aromatic rings. The fourth-order valence-electron chi connectivity index (χ4n) is 9.53. The topological polar surface area (TPSA) is 50.3 Å². The van der Waals surface area contributed by atoms with Gasteiger partial charge < -0.3 is 14.9 Å². The summed E-state index contributed by atoms with van der Waals surface area (Å²) in [4.78, 5) is 23.8. The van der Waals surface area contributed by atoms with Crippen molar-refractivity contribution in [1.82, 2.24) is 19.6 Å². The normalized spacial score (nSPS) is 20.9. The Kier molecular flexibility index (Phi) is 16.2. The van der Waals surface area contributed by atoms with Gasteiger partial charge in [-0.3, -0.25) is 14.6 Å². The molecule has 1 N–H and O–H groups in total. The summed E-state index contributed by atoms with van der Waals surface area (Å²) in [5.74, 6) is 1.77. The van der Waals surface area contributed by atoms with E-state index in [0.29, 0.717) is 5.92 Å². The molecule has 2 aliphatic carbocycles. The molecule has 1 spiro atoms. The molecule has 1 amide bonds. The van der Waals surface area contributed by atoms with Crippen molar-refractivity contribution >= 4 is 11.5 Å². The molecule has 1 atom stereocenters. The fraction of sp³-hybridized carbons (Fsp3) is 0.618. The molecule has 1 saturated heterocycles. The Labute approximate surface area is 372 Å². The highest BCUT2D eigenvalue weighted by Gasteiger charge is 2.51. The van der Waals surface area contributed by atoms with Crippen LogP contribution in [0.15, 0.2) is 71.6 Å². The second-order valence-electron chi connectivity index (χ2n) is 20.4. The molecular formula is C55H84N4O2. The minimum Gasteiger partial charge on any atom is -0.395 e. The van der Waals surface area contributed by atoms with Gasteiger partial charge in [0.25, 0.3) is 0 Å². The minimum atomic E-state index is -0.429. The van der Waals surface area contributed by atoms with E-state index in [1.807, 2.05) is 33.8 Å². The molecule has 336 valence electrons. The Balaban J connectivity index is 0.000000938. The molecule has 6 nitrogen and oxygen atoms in total. The second-order valence-corrected chi connectivity index (χ2v) is 20.4. The predicted molar refractivity (Wildman–Crippen MR) is 259 cm³/mol. The number of rotatable bonds is 11. The van der Waals surface area contributed by atoms with Crippen molar-refractivity contribution in [2.24, 2.45) is 17.3 Å². The van der Waals surface area contributed by atoms with Gasteiger partial charge in [0.2, 0.25) is 5.91 Å². The van der Waals surface area contributed by atoms with Gasteiger partial charge >= 0.3 is 0 Å². The van der Waals surface area contributed by atoms with Crippen LogP contribution in [0.25, 0.3) is 5.57 Å². The molecule has 0 aromatic heterocycles. The van der Waals surface area contributed by atoms with E-state index in [2.05, 4.69) is 132 Å². The van der Waals surface area contributed by atoms with Crippen LogP contribution in [0.3, 0.4) is 0 Å². The Morgan fingerprint density at radius 3 is 2.21 bits per heavy atom. The largest absolute Gasteiger partial charge is 0.395 e. The highest BCUT2D eigenvalue weighted by Crippen LogP contribution is 2.47. The zero-order valence-electron chi connectivity index (χ0n) is 41.1. The van der Waals surface area contributed by atoms with Gasteiger partial charge in [0, 0.05) is 80.3 Å². The summed E-state index contributed by atoms with van der Waals surface area (Å²) in [6, 6.07) is 12.1. The molecule has 3 aliphatic heterocycles. The number of amides is 1. The second kappa shape index (κ2) is 20.4. The number of carbonyl (C=O) groups is 1. The number of likely N-dealkylation sites (N-methyl/N-ethyl adjacent to an activating group) is 1. The Bertz CT molecular complexity index is 1970. The van der Waals surface area contributed by atoms with E-state index in [0.717, 1.165) is 62.9 Å². The fourth-order valence-corrected chi connectivity index (χ4v) is 9.53. The average Bonchev–Trinajstić information content (AvgIpc) is 3.99. The maximum absolute atomic E-state index is 14.0. The molecule has 5 aliphatic rings. The summed E-state index contributed by atoms with van der Waals surface area (Å²) in [5.41, 5.74) is 15.7. The summed E-state index contributed by atoms with van der Waals surface area (Å²) < 4.78 is 0. The van der Waals surface area contributed by atoms with Crippen molar-refractivity contribution in [3.05, 3.63) is 111 Å². The van der Waals surface area contributed by atoms with Crippen molar-refractivity contribution in [2.75, 3.05) is 39.8 Å². The lowest BCUT2D eigenvalue weighted by molar-refractivity contribution is -0.130. The predicted octanol–water partition coefficient (Wildman–Crippen LogP) is 12.4. The van der Waals surface area contributed by atoms with Gasteiger partial charge in [0.05, 0.1) is 12.6 Å². The van der Waals surface area contributed by atoms with Gasteiger partial charge in [-0.1, -0.05) is 118 Å². The number of aliphatic hydroxyl groups excluding tert-OH is 1. The zero-order chi connectivity index (χ0) is 45.0. The van der Waals surface area contributed by atoms with Crippen LogP contribution < -0.4 is 0 Å². The molecule has 6 heteroatoms. The van der Waals surface area contributed by atoms with Gasteiger partial charge in [-0.25, -0.2) is 0 Å². The number of benzene rings is 2. The molecule has 0 radical (unpaired) electrons. The van der Waals surface area contributed by atoms with Crippen LogP contribution in [0.4, 0.5) is 0 Å². The number of hydrogen-bond donors (Lipinski definition) is 1. The molecule has 61 heavy (non-hydrogen) atoms. The number of piperazine rings is 1. The van der Waals surface area contributed by atoms with Gasteiger partial charge in [-0.05, 0) is 128 Å². The van der Waals surface area contributed by atoms with Crippen molar-refractivity contribution in [1.29, 1.82) is 0 Å². The first-order valence-corrected chi connectivity index (χ1v) is 24.1. The lowest BCUT2D eigenvalue weighted by Gasteiger charge is -2.43. The molecular weight excluding hydrogens is 749 g/mol. The van der Waals surface area contributed by atoms with Gasteiger partial charge in [-0.2, -0.15) is 0 Å². The van der Waals surface area contributed by atoms with E-state index in [-0.39, 0.29) is 30.0 Å². The number of nitrogens with zero attached hydrogens (tertiary/aromatic N) is 4.